The van der Waals surface area contributed by atoms with Gasteiger partial charge in [-0.15, -0.1) is 0 Å². The summed E-state index contributed by atoms with van der Waals surface area (Å²) in [4.78, 5) is 26.7. The summed E-state index contributed by atoms with van der Waals surface area (Å²) in [5.74, 6) is 0.0595. The van der Waals surface area contributed by atoms with Crippen molar-refractivity contribution in [1.82, 2.24) is 15.6 Å². The van der Waals surface area contributed by atoms with Gasteiger partial charge < -0.3 is 10.1 Å². The molecule has 0 spiro atoms. The van der Waals surface area contributed by atoms with Crippen LogP contribution in [0, 0.1) is 0 Å². The van der Waals surface area contributed by atoms with Gasteiger partial charge in [-0.3, -0.25) is 14.9 Å². The lowest BCUT2D eigenvalue weighted by Crippen LogP contribution is -2.50. The van der Waals surface area contributed by atoms with Crippen LogP contribution in [-0.2, 0) is 16.1 Å². The van der Waals surface area contributed by atoms with Crippen molar-refractivity contribution >= 4 is 11.8 Å². The first-order chi connectivity index (χ1) is 8.69. The topological polar surface area (TPSA) is 80.3 Å². The Hall–Kier alpha value is -1.95. The second-order valence-corrected chi connectivity index (χ2v) is 4.06. The van der Waals surface area contributed by atoms with Gasteiger partial charge in [0.15, 0.2) is 0 Å². The third-order valence-corrected chi connectivity index (χ3v) is 2.76. The number of methoxy groups -OCH3 is 1. The Bertz CT molecular complexity index is 462. The zero-order valence-electron chi connectivity index (χ0n) is 10.1. The van der Waals surface area contributed by atoms with Gasteiger partial charge in [0.2, 0.25) is 17.7 Å². The number of ether oxygens (including phenoxy) is 1. The normalized spacial score (nSPS) is 19.5. The van der Waals surface area contributed by atoms with Crippen LogP contribution in [0.2, 0.25) is 0 Å². The largest absolute Gasteiger partial charge is 0.481 e. The Kier molecular flexibility index (Phi) is 3.88. The third kappa shape index (κ3) is 3.04. The highest BCUT2D eigenvalue weighted by atomic mass is 16.5. The van der Waals surface area contributed by atoms with E-state index in [4.69, 9.17) is 4.74 Å². The molecule has 18 heavy (non-hydrogen) atoms. The van der Waals surface area contributed by atoms with Crippen molar-refractivity contribution in [3.05, 3.63) is 23.9 Å². The summed E-state index contributed by atoms with van der Waals surface area (Å²) >= 11 is 0. The molecule has 1 unspecified atom stereocenters. The average Bonchev–Trinajstić information content (AvgIpc) is 2.38. The SMILES string of the molecule is COc1cccc(CNC2CCC(=O)NC2=O)n1. The summed E-state index contributed by atoms with van der Waals surface area (Å²) < 4.78 is 5.02. The molecule has 1 aromatic rings. The van der Waals surface area contributed by atoms with Crippen LogP contribution in [0.3, 0.4) is 0 Å². The predicted octanol–water partition coefficient (Wildman–Crippen LogP) is -0.0150. The van der Waals surface area contributed by atoms with E-state index in [9.17, 15) is 9.59 Å². The van der Waals surface area contributed by atoms with Crippen LogP contribution in [0.4, 0.5) is 0 Å². The fraction of sp³-hybridized carbons (Fsp3) is 0.417. The van der Waals surface area contributed by atoms with Crippen LogP contribution in [0.15, 0.2) is 18.2 Å². The molecule has 0 aromatic carbocycles. The van der Waals surface area contributed by atoms with Crippen LogP contribution in [0.5, 0.6) is 5.88 Å². The van der Waals surface area contributed by atoms with Crippen LogP contribution >= 0.6 is 0 Å². The quantitative estimate of drug-likeness (QED) is 0.733. The van der Waals surface area contributed by atoms with Crippen molar-refractivity contribution in [2.75, 3.05) is 7.11 Å². The Morgan fingerprint density at radius 2 is 2.33 bits per heavy atom. The molecule has 1 fully saturated rings. The Morgan fingerprint density at radius 1 is 1.50 bits per heavy atom. The fourth-order valence-corrected chi connectivity index (χ4v) is 1.79. The number of nitrogens with one attached hydrogen (secondary N) is 2. The number of rotatable bonds is 4. The van der Waals surface area contributed by atoms with E-state index < -0.39 is 0 Å². The third-order valence-electron chi connectivity index (χ3n) is 2.76. The van der Waals surface area contributed by atoms with Gasteiger partial charge in [0, 0.05) is 19.0 Å². The van der Waals surface area contributed by atoms with Gasteiger partial charge in [-0.05, 0) is 12.5 Å². The summed E-state index contributed by atoms with van der Waals surface area (Å²) in [6.07, 6.45) is 0.892. The van der Waals surface area contributed by atoms with Crippen molar-refractivity contribution in [2.45, 2.75) is 25.4 Å². The van der Waals surface area contributed by atoms with Crippen LogP contribution in [-0.4, -0.2) is 29.9 Å². The van der Waals surface area contributed by atoms with E-state index >= 15 is 0 Å². The van der Waals surface area contributed by atoms with E-state index in [1.54, 1.807) is 13.2 Å². The van der Waals surface area contributed by atoms with Crippen LogP contribution in [0.1, 0.15) is 18.5 Å². The highest BCUT2D eigenvalue weighted by Gasteiger charge is 2.25. The second kappa shape index (κ2) is 5.59. The highest BCUT2D eigenvalue weighted by Crippen LogP contribution is 2.08. The molecular weight excluding hydrogens is 234 g/mol. The molecule has 0 aliphatic carbocycles. The van der Waals surface area contributed by atoms with Crippen molar-refractivity contribution in [2.24, 2.45) is 0 Å². The molecule has 1 atom stereocenters. The number of carbonyl (C=O) groups is 2. The van der Waals surface area contributed by atoms with E-state index in [-0.39, 0.29) is 17.9 Å². The minimum atomic E-state index is -0.337. The number of pyridine rings is 1. The molecule has 1 saturated heterocycles. The number of hydrogen-bond donors (Lipinski definition) is 2. The summed E-state index contributed by atoms with van der Waals surface area (Å²) in [5.41, 5.74) is 0.791. The molecular formula is C12H15N3O3. The molecule has 2 amide bonds. The molecule has 2 N–H and O–H groups in total. The lowest BCUT2D eigenvalue weighted by atomic mass is 10.1. The van der Waals surface area contributed by atoms with Gasteiger partial charge in [-0.25, -0.2) is 4.98 Å². The van der Waals surface area contributed by atoms with Gasteiger partial charge >= 0.3 is 0 Å². The van der Waals surface area contributed by atoms with Gasteiger partial charge in [0.25, 0.3) is 0 Å². The number of aromatic nitrogens is 1. The Balaban J connectivity index is 1.91. The van der Waals surface area contributed by atoms with Gasteiger partial charge in [0.05, 0.1) is 18.8 Å². The van der Waals surface area contributed by atoms with Crippen molar-refractivity contribution in [3.63, 3.8) is 0 Å². The molecule has 2 heterocycles. The standard InChI is InChI=1S/C12H15N3O3/c1-18-11-4-2-3-8(14-11)7-13-9-5-6-10(16)15-12(9)17/h2-4,9,13H,5-7H2,1H3,(H,15,16,17). The number of carbonyl (C=O) groups excluding carboxylic acids is 2. The van der Waals surface area contributed by atoms with Crippen LogP contribution < -0.4 is 15.4 Å². The maximum absolute atomic E-state index is 11.5. The monoisotopic (exact) mass is 249 g/mol. The first-order valence-electron chi connectivity index (χ1n) is 5.76. The van der Waals surface area contributed by atoms with Crippen molar-refractivity contribution in [1.29, 1.82) is 0 Å². The van der Waals surface area contributed by atoms with Gasteiger partial charge in [-0.2, -0.15) is 0 Å². The molecule has 96 valence electrons. The van der Waals surface area contributed by atoms with Gasteiger partial charge in [0.1, 0.15) is 0 Å². The molecule has 1 aliphatic rings. The first kappa shape index (κ1) is 12.5. The zero-order valence-corrected chi connectivity index (χ0v) is 10.1. The molecule has 1 aromatic heterocycles. The smallest absolute Gasteiger partial charge is 0.243 e. The molecule has 0 radical (unpaired) electrons. The minimum Gasteiger partial charge on any atom is -0.481 e. The molecule has 0 bridgehead atoms. The first-order valence-corrected chi connectivity index (χ1v) is 5.76. The fourth-order valence-electron chi connectivity index (χ4n) is 1.79. The maximum atomic E-state index is 11.5. The second-order valence-electron chi connectivity index (χ2n) is 4.06. The highest BCUT2D eigenvalue weighted by molar-refractivity contribution is 6.00. The lowest BCUT2D eigenvalue weighted by molar-refractivity contribution is -0.134. The van der Waals surface area contributed by atoms with Crippen molar-refractivity contribution < 1.29 is 14.3 Å². The maximum Gasteiger partial charge on any atom is 0.243 e. The molecule has 0 saturated carbocycles. The number of piperidine rings is 1. The number of hydrogen-bond acceptors (Lipinski definition) is 5. The molecule has 1 aliphatic heterocycles. The van der Waals surface area contributed by atoms with E-state index in [0.717, 1.165) is 5.69 Å². The number of nitrogens with zero attached hydrogens (tertiary/aromatic N) is 1. The summed E-state index contributed by atoms with van der Waals surface area (Å²) in [6, 6.07) is 5.11. The number of imide groups is 1. The van der Waals surface area contributed by atoms with Gasteiger partial charge in [-0.1, -0.05) is 6.07 Å². The zero-order chi connectivity index (χ0) is 13.0. The Labute approximate surface area is 105 Å². The van der Waals surface area contributed by atoms with E-state index in [2.05, 4.69) is 15.6 Å². The van der Waals surface area contributed by atoms with Crippen molar-refractivity contribution in [3.8, 4) is 5.88 Å². The minimum absolute atomic E-state index is 0.211. The summed E-state index contributed by atoms with van der Waals surface area (Å²) in [5, 5.41) is 5.38. The Morgan fingerprint density at radius 3 is 3.06 bits per heavy atom. The average molecular weight is 249 g/mol. The number of amides is 2. The summed E-state index contributed by atoms with van der Waals surface area (Å²) in [6.45, 7) is 0.462. The molecule has 6 heteroatoms. The lowest BCUT2D eigenvalue weighted by Gasteiger charge is -2.21. The predicted molar refractivity (Wildman–Crippen MR) is 63.8 cm³/mol. The molecule has 6 nitrogen and oxygen atoms in total. The van der Waals surface area contributed by atoms with E-state index in [0.29, 0.717) is 25.3 Å². The van der Waals surface area contributed by atoms with Crippen LogP contribution in [0.25, 0.3) is 0 Å². The van der Waals surface area contributed by atoms with E-state index in [1.165, 1.54) is 0 Å². The van der Waals surface area contributed by atoms with E-state index in [1.807, 2.05) is 12.1 Å². The summed E-state index contributed by atoms with van der Waals surface area (Å²) in [7, 11) is 1.56. The molecule has 2 rings (SSSR count).